The Balaban J connectivity index is 1.46. The van der Waals surface area contributed by atoms with E-state index < -0.39 is 0 Å². The number of nitrogens with zero attached hydrogens (tertiary/aromatic N) is 4. The SMILES string of the molecule is CC(=O)c1ccc(CC(=O)CSc2nnc3c4ccccc4n(C)c3n2)cc1. The van der Waals surface area contributed by atoms with Gasteiger partial charge in [-0.1, -0.05) is 54.2 Å². The monoisotopic (exact) mass is 390 g/mol. The molecule has 140 valence electrons. The number of para-hydroxylation sites is 1. The molecule has 0 spiro atoms. The van der Waals surface area contributed by atoms with Crippen molar-refractivity contribution in [2.75, 3.05) is 5.75 Å². The Hall–Kier alpha value is -3.06. The Bertz CT molecular complexity index is 1200. The number of aromatic nitrogens is 4. The fourth-order valence-electron chi connectivity index (χ4n) is 3.13. The molecule has 4 rings (SSSR count). The molecule has 28 heavy (non-hydrogen) atoms. The van der Waals surface area contributed by atoms with Crippen LogP contribution in [0.15, 0.2) is 53.7 Å². The highest BCUT2D eigenvalue weighted by atomic mass is 32.2. The lowest BCUT2D eigenvalue weighted by molar-refractivity contribution is -0.116. The van der Waals surface area contributed by atoms with Crippen LogP contribution < -0.4 is 0 Å². The number of fused-ring (bicyclic) bond motifs is 3. The van der Waals surface area contributed by atoms with Crippen molar-refractivity contribution in [2.45, 2.75) is 18.5 Å². The van der Waals surface area contributed by atoms with Gasteiger partial charge in [0.15, 0.2) is 11.4 Å². The van der Waals surface area contributed by atoms with E-state index in [2.05, 4.69) is 15.2 Å². The van der Waals surface area contributed by atoms with E-state index in [1.54, 1.807) is 12.1 Å². The van der Waals surface area contributed by atoms with Gasteiger partial charge in [-0.15, -0.1) is 10.2 Å². The molecule has 0 aliphatic rings. The average Bonchev–Trinajstić information content (AvgIpc) is 2.99. The van der Waals surface area contributed by atoms with Crippen molar-refractivity contribution in [3.05, 3.63) is 59.7 Å². The lowest BCUT2D eigenvalue weighted by atomic mass is 10.1. The molecule has 0 unspecified atom stereocenters. The van der Waals surface area contributed by atoms with Crippen molar-refractivity contribution >= 4 is 45.4 Å². The van der Waals surface area contributed by atoms with Crippen LogP contribution in [0, 0.1) is 0 Å². The Morgan fingerprint density at radius 2 is 1.79 bits per heavy atom. The maximum Gasteiger partial charge on any atom is 0.211 e. The first kappa shape index (κ1) is 18.3. The van der Waals surface area contributed by atoms with E-state index in [-0.39, 0.29) is 17.3 Å². The van der Waals surface area contributed by atoms with Crippen molar-refractivity contribution in [3.63, 3.8) is 0 Å². The largest absolute Gasteiger partial charge is 0.327 e. The van der Waals surface area contributed by atoms with Crippen molar-refractivity contribution in [1.29, 1.82) is 0 Å². The third-order valence-corrected chi connectivity index (χ3v) is 5.51. The summed E-state index contributed by atoms with van der Waals surface area (Å²) in [6.45, 7) is 1.53. The molecule has 0 radical (unpaired) electrons. The molecule has 0 aliphatic carbocycles. The van der Waals surface area contributed by atoms with E-state index in [0.29, 0.717) is 17.1 Å². The number of hydrogen-bond acceptors (Lipinski definition) is 6. The molecule has 7 heteroatoms. The van der Waals surface area contributed by atoms with Gasteiger partial charge in [0.05, 0.1) is 11.3 Å². The number of carbonyl (C=O) groups excluding carboxylic acids is 2. The Morgan fingerprint density at radius 3 is 2.54 bits per heavy atom. The zero-order chi connectivity index (χ0) is 19.7. The van der Waals surface area contributed by atoms with Gasteiger partial charge in [0.25, 0.3) is 0 Å². The van der Waals surface area contributed by atoms with Crippen molar-refractivity contribution < 1.29 is 9.59 Å². The lowest BCUT2D eigenvalue weighted by Crippen LogP contribution is -2.07. The van der Waals surface area contributed by atoms with E-state index in [1.165, 1.54) is 18.7 Å². The lowest BCUT2D eigenvalue weighted by Gasteiger charge is -2.03. The molecule has 0 aliphatic heterocycles. The molecule has 0 saturated heterocycles. The average molecular weight is 390 g/mol. The van der Waals surface area contributed by atoms with Crippen LogP contribution in [0.3, 0.4) is 0 Å². The van der Waals surface area contributed by atoms with Gasteiger partial charge < -0.3 is 4.57 Å². The highest BCUT2D eigenvalue weighted by Crippen LogP contribution is 2.25. The van der Waals surface area contributed by atoms with Gasteiger partial charge in [0.2, 0.25) is 5.16 Å². The molecular formula is C21H18N4O2S. The molecular weight excluding hydrogens is 372 g/mol. The first-order chi connectivity index (χ1) is 13.5. The minimum atomic E-state index is 0.0156. The zero-order valence-electron chi connectivity index (χ0n) is 15.5. The fourth-order valence-corrected chi connectivity index (χ4v) is 3.78. The van der Waals surface area contributed by atoms with E-state index >= 15 is 0 Å². The van der Waals surface area contributed by atoms with Crippen LogP contribution in [0.5, 0.6) is 0 Å². The summed E-state index contributed by atoms with van der Waals surface area (Å²) in [5, 5.41) is 10.0. The van der Waals surface area contributed by atoms with Gasteiger partial charge in [-0.3, -0.25) is 9.59 Å². The standard InChI is InChI=1S/C21H18N4O2S/c1-13(26)15-9-7-14(8-10-15)11-16(27)12-28-21-22-20-19(23-24-21)17-5-3-4-6-18(17)25(20)2/h3-10H,11-12H2,1-2H3. The van der Waals surface area contributed by atoms with Crippen molar-refractivity contribution in [1.82, 2.24) is 19.7 Å². The first-order valence-corrected chi connectivity index (χ1v) is 9.83. The topological polar surface area (TPSA) is 77.7 Å². The maximum atomic E-state index is 12.3. The fraction of sp³-hybridized carbons (Fsp3) is 0.190. The van der Waals surface area contributed by atoms with Gasteiger partial charge in [-0.2, -0.15) is 0 Å². The molecule has 0 saturated carbocycles. The second kappa shape index (κ2) is 7.52. The van der Waals surface area contributed by atoms with Crippen LogP contribution >= 0.6 is 11.8 Å². The summed E-state index contributed by atoms with van der Waals surface area (Å²) in [4.78, 5) is 28.2. The van der Waals surface area contributed by atoms with Crippen LogP contribution in [0.2, 0.25) is 0 Å². The highest BCUT2D eigenvalue weighted by Gasteiger charge is 2.13. The molecule has 2 heterocycles. The summed E-state index contributed by atoms with van der Waals surface area (Å²) >= 11 is 1.29. The molecule has 0 atom stereocenters. The van der Waals surface area contributed by atoms with E-state index in [9.17, 15) is 9.59 Å². The summed E-state index contributed by atoms with van der Waals surface area (Å²) < 4.78 is 1.99. The second-order valence-electron chi connectivity index (χ2n) is 6.60. The van der Waals surface area contributed by atoms with Gasteiger partial charge in [-0.05, 0) is 18.6 Å². The van der Waals surface area contributed by atoms with Crippen LogP contribution in [0.4, 0.5) is 0 Å². The van der Waals surface area contributed by atoms with Gasteiger partial charge in [-0.25, -0.2) is 4.98 Å². The Labute approximate surface area is 166 Å². The summed E-state index contributed by atoms with van der Waals surface area (Å²) in [5.74, 6) is 0.356. The number of aryl methyl sites for hydroxylation is 1. The Morgan fingerprint density at radius 1 is 1.04 bits per heavy atom. The summed E-state index contributed by atoms with van der Waals surface area (Å²) in [7, 11) is 1.95. The zero-order valence-corrected chi connectivity index (χ0v) is 16.4. The third kappa shape index (κ3) is 3.53. The highest BCUT2D eigenvalue weighted by molar-refractivity contribution is 7.99. The van der Waals surface area contributed by atoms with Crippen LogP contribution in [0.1, 0.15) is 22.8 Å². The van der Waals surface area contributed by atoms with E-state index in [0.717, 1.165) is 27.6 Å². The van der Waals surface area contributed by atoms with E-state index in [4.69, 9.17) is 0 Å². The van der Waals surface area contributed by atoms with Gasteiger partial charge in [0.1, 0.15) is 11.3 Å². The minimum absolute atomic E-state index is 0.0156. The van der Waals surface area contributed by atoms with Crippen molar-refractivity contribution in [2.24, 2.45) is 7.05 Å². The summed E-state index contributed by atoms with van der Waals surface area (Å²) in [6, 6.07) is 15.1. The van der Waals surface area contributed by atoms with Crippen molar-refractivity contribution in [3.8, 4) is 0 Å². The number of benzene rings is 2. The molecule has 2 aromatic heterocycles. The predicted octanol–water partition coefficient (Wildman–Crippen LogP) is 3.62. The van der Waals surface area contributed by atoms with Gasteiger partial charge >= 0.3 is 0 Å². The number of thioether (sulfide) groups is 1. The molecule has 6 nitrogen and oxygen atoms in total. The minimum Gasteiger partial charge on any atom is -0.327 e. The first-order valence-electron chi connectivity index (χ1n) is 8.85. The number of carbonyl (C=O) groups is 2. The number of rotatable bonds is 6. The summed E-state index contributed by atoms with van der Waals surface area (Å²) in [6.07, 6.45) is 0.314. The second-order valence-corrected chi connectivity index (χ2v) is 7.54. The van der Waals surface area contributed by atoms with Gasteiger partial charge in [0, 0.05) is 24.4 Å². The van der Waals surface area contributed by atoms with Crippen LogP contribution in [-0.2, 0) is 18.3 Å². The number of ketones is 2. The quantitative estimate of drug-likeness (QED) is 0.370. The third-order valence-electron chi connectivity index (χ3n) is 4.61. The molecule has 4 aromatic rings. The smallest absolute Gasteiger partial charge is 0.211 e. The predicted molar refractivity (Wildman–Crippen MR) is 110 cm³/mol. The Kier molecular flexibility index (Phi) is 4.92. The van der Waals surface area contributed by atoms with Crippen LogP contribution in [-0.4, -0.2) is 37.1 Å². The molecule has 0 fully saturated rings. The normalized spacial score (nSPS) is 11.2. The molecule has 2 aromatic carbocycles. The molecule has 0 amide bonds. The number of Topliss-reactive ketones (excluding diaryl/α,β-unsaturated/α-hetero) is 2. The summed E-state index contributed by atoms with van der Waals surface area (Å²) in [5.41, 5.74) is 4.10. The molecule has 0 N–H and O–H groups in total. The van der Waals surface area contributed by atoms with E-state index in [1.807, 2.05) is 48.0 Å². The number of hydrogen-bond donors (Lipinski definition) is 0. The maximum absolute atomic E-state index is 12.3. The molecule has 0 bridgehead atoms. The van der Waals surface area contributed by atoms with Crippen LogP contribution in [0.25, 0.3) is 22.1 Å².